The minimum Gasteiger partial charge on any atom is -0.328 e. The number of alkyl halides is 3. The first kappa shape index (κ1) is 12.7. The Morgan fingerprint density at radius 2 is 2.06 bits per heavy atom. The summed E-state index contributed by atoms with van der Waals surface area (Å²) in [7, 11) is 0. The van der Waals surface area contributed by atoms with Gasteiger partial charge in [0.2, 0.25) is 0 Å². The van der Waals surface area contributed by atoms with Gasteiger partial charge < -0.3 is 5.73 Å². The first-order valence-electron chi connectivity index (χ1n) is 4.61. The van der Waals surface area contributed by atoms with E-state index < -0.39 is 24.5 Å². The number of hydrogen-bond donors (Lipinski definition) is 1. The Bertz CT molecular complexity index is 439. The average molecular weight is 235 g/mol. The normalized spacial score (nSPS) is 13.9. The highest BCUT2D eigenvalue weighted by atomic mass is 19.4. The fourth-order valence-electron chi connectivity index (χ4n) is 1.52. The van der Waals surface area contributed by atoms with Crippen LogP contribution in [0.1, 0.15) is 17.4 Å². The van der Waals surface area contributed by atoms with Crippen molar-refractivity contribution in [1.29, 1.82) is 0 Å². The summed E-state index contributed by atoms with van der Waals surface area (Å²) < 4.78 is 38.4. The second-order valence-electron chi connectivity index (χ2n) is 3.48. The molecule has 1 aromatic heterocycles. The third kappa shape index (κ3) is 2.41. The predicted octanol–water partition coefficient (Wildman–Crippen LogP) is 0.922. The van der Waals surface area contributed by atoms with Crippen LogP contribution in [0.25, 0.3) is 0 Å². The van der Waals surface area contributed by atoms with Gasteiger partial charge in [-0.05, 0) is 19.9 Å². The van der Waals surface area contributed by atoms with Crippen LogP contribution in [0.3, 0.4) is 0 Å². The number of halogens is 3. The van der Waals surface area contributed by atoms with Crippen molar-refractivity contribution in [1.82, 2.24) is 9.55 Å². The lowest BCUT2D eigenvalue weighted by Crippen LogP contribution is -2.41. The minimum absolute atomic E-state index is 0.199. The summed E-state index contributed by atoms with van der Waals surface area (Å²) in [4.78, 5) is 14.9. The van der Waals surface area contributed by atoms with Gasteiger partial charge in [-0.15, -0.1) is 0 Å². The smallest absolute Gasteiger partial charge is 0.328 e. The fraction of sp³-hybridized carbons (Fsp3) is 0.556. The highest BCUT2D eigenvalue weighted by Gasteiger charge is 2.41. The third-order valence-corrected chi connectivity index (χ3v) is 2.19. The van der Waals surface area contributed by atoms with Crippen LogP contribution in [-0.2, 0) is 0 Å². The summed E-state index contributed by atoms with van der Waals surface area (Å²) in [5, 5.41) is 0. The van der Waals surface area contributed by atoms with E-state index in [-0.39, 0.29) is 5.69 Å². The van der Waals surface area contributed by atoms with E-state index in [1.165, 1.54) is 13.0 Å². The summed E-state index contributed by atoms with van der Waals surface area (Å²) in [6, 6.07) is -0.608. The molecule has 4 nitrogen and oxygen atoms in total. The molecule has 0 bridgehead atoms. The zero-order valence-corrected chi connectivity index (χ0v) is 8.88. The molecular weight excluding hydrogens is 223 g/mol. The lowest BCUT2D eigenvalue weighted by Gasteiger charge is -2.22. The summed E-state index contributed by atoms with van der Waals surface area (Å²) in [6.45, 7) is 2.28. The third-order valence-electron chi connectivity index (χ3n) is 2.19. The van der Waals surface area contributed by atoms with Gasteiger partial charge in [-0.25, -0.2) is 4.79 Å². The zero-order chi connectivity index (χ0) is 12.5. The van der Waals surface area contributed by atoms with Gasteiger partial charge in [0, 0.05) is 17.9 Å². The molecule has 0 spiro atoms. The maximum atomic E-state index is 12.6. The molecule has 1 atom stereocenters. The van der Waals surface area contributed by atoms with Crippen LogP contribution in [0, 0.1) is 13.8 Å². The zero-order valence-electron chi connectivity index (χ0n) is 8.88. The second-order valence-corrected chi connectivity index (χ2v) is 3.48. The number of nitrogens with two attached hydrogens (primary N) is 1. The van der Waals surface area contributed by atoms with Crippen LogP contribution >= 0.6 is 0 Å². The summed E-state index contributed by atoms with van der Waals surface area (Å²) in [6.07, 6.45) is -4.56. The van der Waals surface area contributed by atoms with Crippen LogP contribution < -0.4 is 11.4 Å². The maximum Gasteiger partial charge on any atom is 0.410 e. The minimum atomic E-state index is -4.56. The Kier molecular flexibility index (Phi) is 3.37. The fourth-order valence-corrected chi connectivity index (χ4v) is 1.52. The molecule has 1 heterocycles. The molecule has 90 valence electrons. The molecule has 0 saturated heterocycles. The Morgan fingerprint density at radius 3 is 2.44 bits per heavy atom. The number of hydrogen-bond acceptors (Lipinski definition) is 3. The molecule has 0 aromatic carbocycles. The maximum absolute atomic E-state index is 12.6. The Labute approximate surface area is 89.9 Å². The first-order chi connectivity index (χ1) is 7.27. The summed E-state index contributed by atoms with van der Waals surface area (Å²) in [5.41, 5.74) is 4.72. The largest absolute Gasteiger partial charge is 0.410 e. The molecule has 7 heteroatoms. The topological polar surface area (TPSA) is 60.9 Å². The number of aromatic nitrogens is 2. The van der Waals surface area contributed by atoms with E-state index in [2.05, 4.69) is 4.98 Å². The van der Waals surface area contributed by atoms with E-state index in [9.17, 15) is 18.0 Å². The predicted molar refractivity (Wildman–Crippen MR) is 52.1 cm³/mol. The van der Waals surface area contributed by atoms with Crippen molar-refractivity contribution >= 4 is 0 Å². The molecular formula is C9H12F3N3O. The standard InChI is InChI=1S/C9H12F3N3O/c1-5-3-6(2)15(8(16)14-5)7(4-13)9(10,11)12/h3,7H,4,13H2,1-2H3. The van der Waals surface area contributed by atoms with Gasteiger partial charge in [-0.3, -0.25) is 4.57 Å². The summed E-state index contributed by atoms with van der Waals surface area (Å²) in [5.74, 6) is 0. The molecule has 16 heavy (non-hydrogen) atoms. The van der Waals surface area contributed by atoms with Crippen LogP contribution in [0.15, 0.2) is 10.9 Å². The second kappa shape index (κ2) is 4.25. The number of aryl methyl sites for hydroxylation is 2. The van der Waals surface area contributed by atoms with Gasteiger partial charge in [0.05, 0.1) is 0 Å². The lowest BCUT2D eigenvalue weighted by atomic mass is 10.2. The van der Waals surface area contributed by atoms with Gasteiger partial charge in [0.1, 0.15) is 6.04 Å². The number of nitrogens with zero attached hydrogens (tertiary/aromatic N) is 2. The molecule has 1 unspecified atom stereocenters. The van der Waals surface area contributed by atoms with Crippen LogP contribution in [0.4, 0.5) is 13.2 Å². The van der Waals surface area contributed by atoms with E-state index in [1.807, 2.05) is 0 Å². The van der Waals surface area contributed by atoms with Crippen molar-refractivity contribution in [2.45, 2.75) is 26.1 Å². The van der Waals surface area contributed by atoms with Crippen molar-refractivity contribution in [2.75, 3.05) is 6.54 Å². The van der Waals surface area contributed by atoms with E-state index in [4.69, 9.17) is 5.73 Å². The molecule has 0 fully saturated rings. The van der Waals surface area contributed by atoms with Gasteiger partial charge in [0.25, 0.3) is 0 Å². The average Bonchev–Trinajstić information content (AvgIpc) is 2.08. The molecule has 0 amide bonds. The van der Waals surface area contributed by atoms with Gasteiger partial charge >= 0.3 is 11.9 Å². The van der Waals surface area contributed by atoms with E-state index >= 15 is 0 Å². The molecule has 0 aliphatic carbocycles. The SMILES string of the molecule is Cc1cc(C)n(C(CN)C(F)(F)F)c(=O)n1. The van der Waals surface area contributed by atoms with Crippen molar-refractivity contribution in [2.24, 2.45) is 5.73 Å². The Balaban J connectivity index is 3.37. The van der Waals surface area contributed by atoms with Crippen LogP contribution in [0.5, 0.6) is 0 Å². The lowest BCUT2D eigenvalue weighted by molar-refractivity contribution is -0.166. The van der Waals surface area contributed by atoms with Crippen molar-refractivity contribution < 1.29 is 13.2 Å². The van der Waals surface area contributed by atoms with E-state index in [1.54, 1.807) is 6.92 Å². The van der Waals surface area contributed by atoms with Gasteiger partial charge in [0.15, 0.2) is 0 Å². The molecule has 0 aliphatic rings. The molecule has 0 aliphatic heterocycles. The van der Waals surface area contributed by atoms with Gasteiger partial charge in [-0.2, -0.15) is 18.2 Å². The number of rotatable bonds is 2. The first-order valence-corrected chi connectivity index (χ1v) is 4.61. The van der Waals surface area contributed by atoms with Crippen molar-refractivity contribution in [3.05, 3.63) is 27.9 Å². The summed E-state index contributed by atoms with van der Waals surface area (Å²) >= 11 is 0. The highest BCUT2D eigenvalue weighted by molar-refractivity contribution is 5.08. The van der Waals surface area contributed by atoms with Crippen molar-refractivity contribution in [3.8, 4) is 0 Å². The molecule has 2 N–H and O–H groups in total. The monoisotopic (exact) mass is 235 g/mol. The van der Waals surface area contributed by atoms with E-state index in [0.29, 0.717) is 10.3 Å². The Hall–Kier alpha value is -1.37. The van der Waals surface area contributed by atoms with Crippen LogP contribution in [0.2, 0.25) is 0 Å². The molecule has 0 radical (unpaired) electrons. The van der Waals surface area contributed by atoms with Gasteiger partial charge in [-0.1, -0.05) is 0 Å². The molecule has 1 aromatic rings. The van der Waals surface area contributed by atoms with Crippen molar-refractivity contribution in [3.63, 3.8) is 0 Å². The molecule has 0 saturated carbocycles. The highest BCUT2D eigenvalue weighted by Crippen LogP contribution is 2.29. The van der Waals surface area contributed by atoms with Crippen LogP contribution in [-0.4, -0.2) is 22.3 Å². The molecule has 1 rings (SSSR count). The quantitative estimate of drug-likeness (QED) is 0.829. The Morgan fingerprint density at radius 1 is 1.50 bits per heavy atom. The van der Waals surface area contributed by atoms with E-state index in [0.717, 1.165) is 0 Å².